The van der Waals surface area contributed by atoms with E-state index >= 15 is 0 Å². The summed E-state index contributed by atoms with van der Waals surface area (Å²) in [6.07, 6.45) is 1.93. The maximum absolute atomic E-state index is 8.74. The molecule has 2 rings (SSSR count). The molecule has 0 aliphatic rings. The number of H-pyrrole nitrogens is 1. The SMILES string of the molecule is N#Cc1cc(Br)c2c(I)c[nH]c2c1. The van der Waals surface area contributed by atoms with Crippen LogP contribution in [-0.2, 0) is 0 Å². The largest absolute Gasteiger partial charge is 0.360 e. The number of nitrogens with one attached hydrogen (secondary N) is 1. The van der Waals surface area contributed by atoms with Gasteiger partial charge in [0.25, 0.3) is 0 Å². The van der Waals surface area contributed by atoms with Crippen molar-refractivity contribution in [2.24, 2.45) is 0 Å². The Morgan fingerprint density at radius 1 is 1.46 bits per heavy atom. The first-order chi connectivity index (χ1) is 6.22. The Hall–Kier alpha value is -0.540. The molecule has 0 spiro atoms. The summed E-state index contributed by atoms with van der Waals surface area (Å²) in [5.74, 6) is 0. The van der Waals surface area contributed by atoms with Crippen molar-refractivity contribution in [1.82, 2.24) is 4.98 Å². The molecule has 0 unspecified atom stereocenters. The Kier molecular flexibility index (Phi) is 2.30. The second-order valence-corrected chi connectivity index (χ2v) is 4.65. The van der Waals surface area contributed by atoms with Crippen LogP contribution in [0.4, 0.5) is 0 Å². The Balaban J connectivity index is 2.89. The molecule has 0 aliphatic carbocycles. The van der Waals surface area contributed by atoms with Gasteiger partial charge in [-0.25, -0.2) is 0 Å². The molecule has 4 heteroatoms. The minimum absolute atomic E-state index is 0.664. The van der Waals surface area contributed by atoms with Crippen molar-refractivity contribution in [1.29, 1.82) is 5.26 Å². The summed E-state index contributed by atoms with van der Waals surface area (Å²) in [7, 11) is 0. The first-order valence-corrected chi connectivity index (χ1v) is 5.46. The van der Waals surface area contributed by atoms with Crippen molar-refractivity contribution in [3.8, 4) is 6.07 Å². The van der Waals surface area contributed by atoms with Crippen LogP contribution in [0.5, 0.6) is 0 Å². The zero-order valence-electron chi connectivity index (χ0n) is 6.44. The Labute approximate surface area is 97.2 Å². The average Bonchev–Trinajstić information content (AvgIpc) is 2.48. The van der Waals surface area contributed by atoms with Gasteiger partial charge in [0.1, 0.15) is 0 Å². The first-order valence-electron chi connectivity index (χ1n) is 3.58. The molecular weight excluding hydrogens is 343 g/mol. The third kappa shape index (κ3) is 1.46. The summed E-state index contributed by atoms with van der Waals surface area (Å²) in [5, 5.41) is 9.88. The Morgan fingerprint density at radius 2 is 2.23 bits per heavy atom. The molecule has 0 saturated heterocycles. The fraction of sp³-hybridized carbons (Fsp3) is 0. The lowest BCUT2D eigenvalue weighted by Crippen LogP contribution is -1.77. The van der Waals surface area contributed by atoms with E-state index in [2.05, 4.69) is 49.6 Å². The van der Waals surface area contributed by atoms with Gasteiger partial charge in [-0.1, -0.05) is 15.9 Å². The Bertz CT molecular complexity index is 510. The number of nitrogens with zero attached hydrogens (tertiary/aromatic N) is 1. The van der Waals surface area contributed by atoms with Crippen LogP contribution in [0.25, 0.3) is 10.9 Å². The van der Waals surface area contributed by atoms with E-state index in [-0.39, 0.29) is 0 Å². The van der Waals surface area contributed by atoms with E-state index in [4.69, 9.17) is 5.26 Å². The van der Waals surface area contributed by atoms with E-state index < -0.39 is 0 Å². The number of hydrogen-bond acceptors (Lipinski definition) is 1. The predicted molar refractivity (Wildman–Crippen MR) is 63.4 cm³/mol. The monoisotopic (exact) mass is 346 g/mol. The molecule has 0 saturated carbocycles. The fourth-order valence-corrected chi connectivity index (χ4v) is 3.02. The number of halogens is 2. The maximum atomic E-state index is 8.74. The Morgan fingerprint density at radius 3 is 2.92 bits per heavy atom. The molecule has 1 N–H and O–H groups in total. The molecule has 2 nitrogen and oxygen atoms in total. The summed E-state index contributed by atoms with van der Waals surface area (Å²) >= 11 is 5.70. The van der Waals surface area contributed by atoms with Crippen LogP contribution in [0.1, 0.15) is 5.56 Å². The zero-order chi connectivity index (χ0) is 9.42. The van der Waals surface area contributed by atoms with Crippen LogP contribution in [0.3, 0.4) is 0 Å². The number of aromatic amines is 1. The van der Waals surface area contributed by atoms with Gasteiger partial charge >= 0.3 is 0 Å². The van der Waals surface area contributed by atoms with Crippen molar-refractivity contribution >= 4 is 49.4 Å². The zero-order valence-corrected chi connectivity index (χ0v) is 10.2. The molecule has 0 amide bonds. The molecule has 0 atom stereocenters. The normalized spacial score (nSPS) is 10.2. The van der Waals surface area contributed by atoms with Crippen LogP contribution in [0, 0.1) is 14.9 Å². The quantitative estimate of drug-likeness (QED) is 0.729. The smallest absolute Gasteiger partial charge is 0.0992 e. The van der Waals surface area contributed by atoms with Gasteiger partial charge in [0.15, 0.2) is 0 Å². The van der Waals surface area contributed by atoms with E-state index in [0.29, 0.717) is 5.56 Å². The van der Waals surface area contributed by atoms with Crippen molar-refractivity contribution in [3.63, 3.8) is 0 Å². The lowest BCUT2D eigenvalue weighted by molar-refractivity contribution is 1.45. The fourth-order valence-electron chi connectivity index (χ4n) is 1.24. The highest BCUT2D eigenvalue weighted by atomic mass is 127. The number of fused-ring (bicyclic) bond motifs is 1. The molecule has 0 aliphatic heterocycles. The summed E-state index contributed by atoms with van der Waals surface area (Å²) in [6.45, 7) is 0. The average molecular weight is 347 g/mol. The van der Waals surface area contributed by atoms with Crippen LogP contribution < -0.4 is 0 Å². The van der Waals surface area contributed by atoms with E-state index in [0.717, 1.165) is 18.9 Å². The lowest BCUT2D eigenvalue weighted by Gasteiger charge is -1.96. The highest BCUT2D eigenvalue weighted by Crippen LogP contribution is 2.29. The van der Waals surface area contributed by atoms with Gasteiger partial charge in [-0.2, -0.15) is 5.26 Å². The van der Waals surface area contributed by atoms with Crippen LogP contribution in [-0.4, -0.2) is 4.98 Å². The first kappa shape index (κ1) is 9.03. The van der Waals surface area contributed by atoms with E-state index in [9.17, 15) is 0 Å². The molecular formula is C9H4BrIN2. The standard InChI is InChI=1S/C9H4BrIN2/c10-6-1-5(3-12)2-8-9(6)7(11)4-13-8/h1-2,4,13H. The second-order valence-electron chi connectivity index (χ2n) is 2.63. The summed E-state index contributed by atoms with van der Waals surface area (Å²) in [4.78, 5) is 3.11. The predicted octanol–water partition coefficient (Wildman–Crippen LogP) is 3.41. The molecule has 1 heterocycles. The molecule has 0 bridgehead atoms. The second kappa shape index (κ2) is 3.31. The number of hydrogen-bond donors (Lipinski definition) is 1. The minimum Gasteiger partial charge on any atom is -0.360 e. The molecule has 0 fully saturated rings. The molecule has 13 heavy (non-hydrogen) atoms. The highest BCUT2D eigenvalue weighted by molar-refractivity contribution is 14.1. The van der Waals surface area contributed by atoms with Crippen molar-refractivity contribution in [2.45, 2.75) is 0 Å². The lowest BCUT2D eigenvalue weighted by atomic mass is 10.2. The highest BCUT2D eigenvalue weighted by Gasteiger charge is 2.06. The van der Waals surface area contributed by atoms with Gasteiger partial charge in [-0.15, -0.1) is 0 Å². The van der Waals surface area contributed by atoms with Crippen molar-refractivity contribution in [2.75, 3.05) is 0 Å². The number of benzene rings is 1. The summed E-state index contributed by atoms with van der Waals surface area (Å²) in [6, 6.07) is 5.80. The summed E-state index contributed by atoms with van der Waals surface area (Å²) in [5.41, 5.74) is 1.66. The summed E-state index contributed by atoms with van der Waals surface area (Å²) < 4.78 is 2.12. The van der Waals surface area contributed by atoms with E-state index in [1.165, 1.54) is 0 Å². The van der Waals surface area contributed by atoms with Gasteiger partial charge < -0.3 is 4.98 Å². The van der Waals surface area contributed by atoms with Gasteiger partial charge in [-0.05, 0) is 34.7 Å². The van der Waals surface area contributed by atoms with Crippen LogP contribution in [0.2, 0.25) is 0 Å². The third-order valence-corrected chi connectivity index (χ3v) is 3.29. The number of rotatable bonds is 0. The van der Waals surface area contributed by atoms with E-state index in [1.54, 1.807) is 0 Å². The maximum Gasteiger partial charge on any atom is 0.0992 e. The molecule has 1 aromatic carbocycles. The third-order valence-electron chi connectivity index (χ3n) is 1.81. The van der Waals surface area contributed by atoms with Crippen molar-refractivity contribution in [3.05, 3.63) is 31.9 Å². The van der Waals surface area contributed by atoms with Gasteiger partial charge in [0.2, 0.25) is 0 Å². The molecule has 1 aromatic heterocycles. The van der Waals surface area contributed by atoms with Gasteiger partial charge in [-0.3, -0.25) is 0 Å². The molecule has 2 aromatic rings. The topological polar surface area (TPSA) is 39.6 Å². The number of nitriles is 1. The molecule has 64 valence electrons. The van der Waals surface area contributed by atoms with Crippen LogP contribution >= 0.6 is 38.5 Å². The number of aromatic nitrogens is 1. The van der Waals surface area contributed by atoms with Crippen molar-refractivity contribution < 1.29 is 0 Å². The van der Waals surface area contributed by atoms with E-state index in [1.807, 2.05) is 18.3 Å². The molecule has 0 radical (unpaired) electrons. The van der Waals surface area contributed by atoms with Gasteiger partial charge in [0.05, 0.1) is 11.6 Å². The minimum atomic E-state index is 0.664. The van der Waals surface area contributed by atoms with Crippen LogP contribution in [0.15, 0.2) is 22.8 Å². The van der Waals surface area contributed by atoms with Gasteiger partial charge in [0, 0.05) is 25.1 Å².